The van der Waals surface area contributed by atoms with Crippen molar-refractivity contribution in [2.45, 2.75) is 25.2 Å². The van der Waals surface area contributed by atoms with E-state index in [0.29, 0.717) is 17.0 Å². The number of hydrogen-bond acceptors (Lipinski definition) is 6. The molecule has 1 aliphatic heterocycles. The third-order valence-electron chi connectivity index (χ3n) is 4.47. The van der Waals surface area contributed by atoms with Gasteiger partial charge in [0.2, 0.25) is 5.89 Å². The summed E-state index contributed by atoms with van der Waals surface area (Å²) in [6, 6.07) is 4.49. The van der Waals surface area contributed by atoms with Crippen LogP contribution in [0.3, 0.4) is 0 Å². The Morgan fingerprint density at radius 2 is 1.82 bits per heavy atom. The van der Waals surface area contributed by atoms with E-state index in [-0.39, 0.29) is 0 Å². The van der Waals surface area contributed by atoms with E-state index in [1.54, 1.807) is 6.20 Å². The highest BCUT2D eigenvalue weighted by Gasteiger charge is 2.27. The lowest BCUT2D eigenvalue weighted by Crippen LogP contribution is -2.47. The molecule has 0 unspecified atom stereocenters. The summed E-state index contributed by atoms with van der Waals surface area (Å²) in [5.41, 5.74) is 0. The molecule has 2 fully saturated rings. The summed E-state index contributed by atoms with van der Waals surface area (Å²) in [5.74, 6) is 2.26. The van der Waals surface area contributed by atoms with Gasteiger partial charge in [-0.1, -0.05) is 23.1 Å². The Balaban J connectivity index is 1.38. The van der Waals surface area contributed by atoms with Crippen molar-refractivity contribution in [3.8, 4) is 0 Å². The van der Waals surface area contributed by atoms with E-state index in [4.69, 9.17) is 16.0 Å². The van der Waals surface area contributed by atoms with Gasteiger partial charge >= 0.3 is 6.01 Å². The molecule has 1 saturated carbocycles. The van der Waals surface area contributed by atoms with Crippen LogP contribution in [0.15, 0.2) is 22.7 Å². The molecule has 7 heteroatoms. The Hall–Kier alpha value is -1.82. The zero-order valence-corrected chi connectivity index (χ0v) is 13.0. The maximum absolute atomic E-state index is 5.88. The fraction of sp³-hybridized carbons (Fsp3) is 0.533. The molecule has 1 saturated heterocycles. The predicted molar refractivity (Wildman–Crippen MR) is 84.6 cm³/mol. The second-order valence-corrected chi connectivity index (χ2v) is 6.30. The van der Waals surface area contributed by atoms with Gasteiger partial charge in [0.25, 0.3) is 0 Å². The molecule has 4 rings (SSSR count). The molecule has 22 heavy (non-hydrogen) atoms. The van der Waals surface area contributed by atoms with Gasteiger partial charge in [-0.2, -0.15) is 0 Å². The maximum Gasteiger partial charge on any atom is 0.318 e. The summed E-state index contributed by atoms with van der Waals surface area (Å²) in [4.78, 5) is 8.77. The summed E-state index contributed by atoms with van der Waals surface area (Å²) in [6.45, 7) is 3.48. The molecular formula is C15H18ClN5O. The van der Waals surface area contributed by atoms with Gasteiger partial charge in [0.05, 0.1) is 5.02 Å². The van der Waals surface area contributed by atoms with Gasteiger partial charge in [-0.05, 0) is 25.0 Å². The highest BCUT2D eigenvalue weighted by molar-refractivity contribution is 6.30. The summed E-state index contributed by atoms with van der Waals surface area (Å²) in [6.07, 6.45) is 5.32. The van der Waals surface area contributed by atoms with Crippen LogP contribution in [0.25, 0.3) is 0 Å². The quantitative estimate of drug-likeness (QED) is 0.867. The van der Waals surface area contributed by atoms with Crippen molar-refractivity contribution in [2.24, 2.45) is 0 Å². The SMILES string of the molecule is Clc1ccc(N2CCN(c3nnc(C4CCC4)o3)CC2)nc1. The largest absolute Gasteiger partial charge is 0.408 e. The predicted octanol–water partition coefficient (Wildman–Crippen LogP) is 2.71. The van der Waals surface area contributed by atoms with Gasteiger partial charge in [0.15, 0.2) is 0 Å². The molecule has 0 atom stereocenters. The standard InChI is InChI=1S/C15H18ClN5O/c16-12-4-5-13(17-10-12)20-6-8-21(9-7-20)15-19-18-14(22-15)11-2-1-3-11/h4-5,10-11H,1-3,6-9H2. The molecule has 0 N–H and O–H groups in total. The number of rotatable bonds is 3. The van der Waals surface area contributed by atoms with Crippen molar-refractivity contribution in [1.29, 1.82) is 0 Å². The van der Waals surface area contributed by atoms with Crippen molar-refractivity contribution < 1.29 is 4.42 Å². The number of pyridine rings is 1. The van der Waals surface area contributed by atoms with Crippen molar-refractivity contribution >= 4 is 23.4 Å². The van der Waals surface area contributed by atoms with Gasteiger partial charge in [0.1, 0.15) is 5.82 Å². The van der Waals surface area contributed by atoms with Crippen LogP contribution in [0.1, 0.15) is 31.1 Å². The summed E-state index contributed by atoms with van der Waals surface area (Å²) in [5, 5.41) is 9.07. The van der Waals surface area contributed by atoms with Crippen molar-refractivity contribution in [3.63, 3.8) is 0 Å². The topological polar surface area (TPSA) is 58.3 Å². The van der Waals surface area contributed by atoms with Crippen LogP contribution in [-0.2, 0) is 0 Å². The molecule has 0 spiro atoms. The van der Waals surface area contributed by atoms with Gasteiger partial charge in [-0.25, -0.2) is 4.98 Å². The van der Waals surface area contributed by atoms with E-state index in [1.807, 2.05) is 12.1 Å². The first-order valence-corrected chi connectivity index (χ1v) is 8.12. The number of hydrogen-bond donors (Lipinski definition) is 0. The van der Waals surface area contributed by atoms with Gasteiger partial charge in [-0.3, -0.25) is 0 Å². The van der Waals surface area contributed by atoms with Crippen LogP contribution in [0, 0.1) is 0 Å². The fourth-order valence-electron chi connectivity index (χ4n) is 2.86. The Kier molecular flexibility index (Phi) is 3.62. The third kappa shape index (κ3) is 2.63. The Bertz CT molecular complexity index is 632. The minimum atomic E-state index is 0.487. The van der Waals surface area contributed by atoms with Crippen LogP contribution >= 0.6 is 11.6 Å². The number of aromatic nitrogens is 3. The van der Waals surface area contributed by atoms with E-state index in [2.05, 4.69) is 25.0 Å². The minimum Gasteiger partial charge on any atom is -0.408 e. The second kappa shape index (κ2) is 5.76. The number of halogens is 1. The first-order valence-electron chi connectivity index (χ1n) is 7.74. The van der Waals surface area contributed by atoms with Gasteiger partial charge < -0.3 is 14.2 Å². The number of piperazine rings is 1. The van der Waals surface area contributed by atoms with Crippen molar-refractivity contribution in [1.82, 2.24) is 15.2 Å². The monoisotopic (exact) mass is 319 g/mol. The maximum atomic E-state index is 5.88. The first kappa shape index (κ1) is 13.8. The summed E-state index contributed by atoms with van der Waals surface area (Å²) < 4.78 is 5.84. The zero-order chi connectivity index (χ0) is 14.9. The van der Waals surface area contributed by atoms with E-state index in [9.17, 15) is 0 Å². The van der Waals surface area contributed by atoms with Crippen molar-refractivity contribution in [3.05, 3.63) is 29.2 Å². The fourth-order valence-corrected chi connectivity index (χ4v) is 2.97. The molecule has 1 aliphatic carbocycles. The van der Waals surface area contributed by atoms with Crippen LogP contribution in [0.5, 0.6) is 0 Å². The van der Waals surface area contributed by atoms with E-state index in [0.717, 1.165) is 37.9 Å². The Labute approximate surface area is 134 Å². The van der Waals surface area contributed by atoms with E-state index in [1.165, 1.54) is 19.3 Å². The smallest absolute Gasteiger partial charge is 0.318 e. The lowest BCUT2D eigenvalue weighted by Gasteiger charge is -2.34. The van der Waals surface area contributed by atoms with E-state index < -0.39 is 0 Å². The highest BCUT2D eigenvalue weighted by atomic mass is 35.5. The van der Waals surface area contributed by atoms with Crippen LogP contribution in [0.2, 0.25) is 5.02 Å². The molecule has 2 aliphatic rings. The second-order valence-electron chi connectivity index (χ2n) is 5.86. The van der Waals surface area contributed by atoms with Gasteiger partial charge in [-0.15, -0.1) is 5.10 Å². The normalized spacial score (nSPS) is 19.3. The average Bonchev–Trinajstić information content (AvgIpc) is 2.96. The molecule has 2 aromatic heterocycles. The van der Waals surface area contributed by atoms with Gasteiger partial charge in [0, 0.05) is 38.3 Å². The van der Waals surface area contributed by atoms with Crippen LogP contribution in [0.4, 0.5) is 11.8 Å². The lowest BCUT2D eigenvalue weighted by atomic mass is 9.85. The number of anilines is 2. The molecule has 116 valence electrons. The molecule has 3 heterocycles. The summed E-state index contributed by atoms with van der Waals surface area (Å²) in [7, 11) is 0. The molecule has 6 nitrogen and oxygen atoms in total. The molecule has 0 radical (unpaired) electrons. The Morgan fingerprint density at radius 1 is 1.05 bits per heavy atom. The molecule has 2 aromatic rings. The Morgan fingerprint density at radius 3 is 2.45 bits per heavy atom. The third-order valence-corrected chi connectivity index (χ3v) is 4.69. The number of nitrogens with zero attached hydrogens (tertiary/aromatic N) is 5. The molecule has 0 aromatic carbocycles. The average molecular weight is 320 g/mol. The lowest BCUT2D eigenvalue weighted by molar-refractivity contribution is 0.334. The van der Waals surface area contributed by atoms with Crippen LogP contribution in [-0.4, -0.2) is 41.4 Å². The minimum absolute atomic E-state index is 0.487. The van der Waals surface area contributed by atoms with Crippen molar-refractivity contribution in [2.75, 3.05) is 36.0 Å². The molecule has 0 bridgehead atoms. The highest BCUT2D eigenvalue weighted by Crippen LogP contribution is 2.36. The zero-order valence-electron chi connectivity index (χ0n) is 12.3. The first-order chi connectivity index (χ1) is 10.8. The molecular weight excluding hydrogens is 302 g/mol. The van der Waals surface area contributed by atoms with E-state index >= 15 is 0 Å². The summed E-state index contributed by atoms with van der Waals surface area (Å²) >= 11 is 5.88. The van der Waals surface area contributed by atoms with Crippen LogP contribution < -0.4 is 9.80 Å². The molecule has 0 amide bonds.